The van der Waals surface area contributed by atoms with E-state index in [1.807, 2.05) is 30.3 Å². The van der Waals surface area contributed by atoms with Gasteiger partial charge in [-0.2, -0.15) is 13.2 Å². The molecule has 0 bridgehead atoms. The van der Waals surface area contributed by atoms with Crippen LogP contribution in [0.15, 0.2) is 30.3 Å². The van der Waals surface area contributed by atoms with Gasteiger partial charge >= 0.3 is 18.2 Å². The molecule has 144 valence electrons. The summed E-state index contributed by atoms with van der Waals surface area (Å²) in [5.74, 6) is -5.15. The average Bonchev–Trinajstić information content (AvgIpc) is 3.05. The topological polar surface area (TPSA) is 69.6 Å². The maximum atomic E-state index is 12.9. The van der Waals surface area contributed by atoms with Crippen LogP contribution in [0.1, 0.15) is 24.8 Å². The highest BCUT2D eigenvalue weighted by Crippen LogP contribution is 2.37. The van der Waals surface area contributed by atoms with Crippen LogP contribution in [0.4, 0.5) is 18.0 Å². The number of urea groups is 1. The number of aliphatic carboxylic acids is 1. The van der Waals surface area contributed by atoms with Gasteiger partial charge in [-0.3, -0.25) is 4.79 Å². The number of unbranched alkanes of at least 4 members (excludes halogenated alkanes) is 2. The summed E-state index contributed by atoms with van der Waals surface area (Å²) in [6.07, 6.45) is -1.12. The lowest BCUT2D eigenvalue weighted by Crippen LogP contribution is -2.40. The molecule has 1 aliphatic rings. The van der Waals surface area contributed by atoms with Crippen molar-refractivity contribution in [1.29, 1.82) is 0 Å². The van der Waals surface area contributed by atoms with E-state index < -0.39 is 43.1 Å². The van der Waals surface area contributed by atoms with Gasteiger partial charge < -0.3 is 15.3 Å². The SMILES string of the molecule is O=C(O)[C@@H]1CN(C(=O)NCCCCCc2ccccc2)C[C@H]1C(F)(F)F. The molecule has 1 fully saturated rings. The Labute approximate surface area is 150 Å². The number of amides is 2. The molecule has 8 heteroatoms. The third-order valence-electron chi connectivity index (χ3n) is 4.61. The lowest BCUT2D eigenvalue weighted by atomic mass is 9.96. The predicted octanol–water partition coefficient (Wildman–Crippen LogP) is 3.30. The highest BCUT2D eigenvalue weighted by atomic mass is 19.4. The van der Waals surface area contributed by atoms with Gasteiger partial charge in [0, 0.05) is 19.6 Å². The largest absolute Gasteiger partial charge is 0.481 e. The number of carboxylic acid groups (broad SMARTS) is 1. The Hall–Kier alpha value is -2.25. The van der Waals surface area contributed by atoms with Crippen LogP contribution in [0.3, 0.4) is 0 Å². The zero-order valence-electron chi connectivity index (χ0n) is 14.3. The molecule has 2 N–H and O–H groups in total. The van der Waals surface area contributed by atoms with Crippen LogP contribution in [-0.4, -0.2) is 47.8 Å². The maximum Gasteiger partial charge on any atom is 0.394 e. The van der Waals surface area contributed by atoms with Crippen molar-refractivity contribution in [2.24, 2.45) is 11.8 Å². The second-order valence-corrected chi connectivity index (χ2v) is 6.53. The summed E-state index contributed by atoms with van der Waals surface area (Å²) in [5.41, 5.74) is 1.24. The number of alkyl halides is 3. The van der Waals surface area contributed by atoms with Crippen LogP contribution in [0.2, 0.25) is 0 Å². The van der Waals surface area contributed by atoms with Gasteiger partial charge in [-0.1, -0.05) is 36.8 Å². The Morgan fingerprint density at radius 2 is 1.81 bits per heavy atom. The number of nitrogens with one attached hydrogen (secondary N) is 1. The Kier molecular flexibility index (Phi) is 6.88. The fraction of sp³-hybridized carbons (Fsp3) is 0.556. The second kappa shape index (κ2) is 8.91. The first-order chi connectivity index (χ1) is 12.3. The lowest BCUT2D eigenvalue weighted by Gasteiger charge is -2.18. The van der Waals surface area contributed by atoms with Gasteiger partial charge in [0.1, 0.15) is 0 Å². The van der Waals surface area contributed by atoms with Gasteiger partial charge in [0.25, 0.3) is 0 Å². The van der Waals surface area contributed by atoms with E-state index in [0.717, 1.165) is 30.6 Å². The van der Waals surface area contributed by atoms with E-state index in [1.165, 1.54) is 5.56 Å². The van der Waals surface area contributed by atoms with Gasteiger partial charge in [0.05, 0.1) is 11.8 Å². The number of halogens is 3. The molecular formula is C18H23F3N2O3. The summed E-state index contributed by atoms with van der Waals surface area (Å²) >= 11 is 0. The molecule has 26 heavy (non-hydrogen) atoms. The van der Waals surface area contributed by atoms with Crippen molar-refractivity contribution in [3.05, 3.63) is 35.9 Å². The number of likely N-dealkylation sites (tertiary alicyclic amines) is 1. The molecule has 2 amide bonds. The van der Waals surface area contributed by atoms with Crippen molar-refractivity contribution in [2.45, 2.75) is 31.9 Å². The monoisotopic (exact) mass is 372 g/mol. The number of hydrogen-bond acceptors (Lipinski definition) is 2. The van der Waals surface area contributed by atoms with Crippen LogP contribution in [0, 0.1) is 11.8 Å². The molecule has 0 aromatic heterocycles. The van der Waals surface area contributed by atoms with Gasteiger partial charge in [0.2, 0.25) is 0 Å². The van der Waals surface area contributed by atoms with Crippen LogP contribution < -0.4 is 5.32 Å². The number of aryl methyl sites for hydroxylation is 1. The molecule has 2 atom stereocenters. The minimum Gasteiger partial charge on any atom is -0.481 e. The van der Waals surface area contributed by atoms with Crippen molar-refractivity contribution in [2.75, 3.05) is 19.6 Å². The Balaban J connectivity index is 1.69. The normalized spacial score (nSPS) is 20.2. The number of nitrogens with zero attached hydrogens (tertiary/aromatic N) is 1. The Bertz CT molecular complexity index is 607. The highest BCUT2D eigenvalue weighted by Gasteiger charge is 2.53. The molecule has 2 rings (SSSR count). The lowest BCUT2D eigenvalue weighted by molar-refractivity contribution is -0.187. The standard InChI is InChI=1S/C18H23F3N2O3/c19-18(20,21)15-12-23(11-14(15)16(24)25)17(26)22-10-6-2-5-9-13-7-3-1-4-8-13/h1,3-4,7-8,14-15H,2,5-6,9-12H2,(H,22,26)(H,24,25)/t14-,15-/m1/s1. The molecule has 0 radical (unpaired) electrons. The van der Waals surface area contributed by atoms with Crippen molar-refractivity contribution < 1.29 is 27.9 Å². The molecule has 1 saturated heterocycles. The molecule has 0 spiro atoms. The zero-order chi connectivity index (χ0) is 19.2. The van der Waals surface area contributed by atoms with Crippen LogP contribution in [0.5, 0.6) is 0 Å². The van der Waals surface area contributed by atoms with Crippen LogP contribution in [-0.2, 0) is 11.2 Å². The Morgan fingerprint density at radius 3 is 2.38 bits per heavy atom. The minimum absolute atomic E-state index is 0.360. The third-order valence-corrected chi connectivity index (χ3v) is 4.61. The molecule has 0 saturated carbocycles. The van der Waals surface area contributed by atoms with Gasteiger partial charge in [0.15, 0.2) is 0 Å². The molecular weight excluding hydrogens is 349 g/mol. The van der Waals surface area contributed by atoms with Crippen molar-refractivity contribution >= 4 is 12.0 Å². The van der Waals surface area contributed by atoms with Crippen LogP contribution in [0.25, 0.3) is 0 Å². The molecule has 1 aromatic rings. The first-order valence-electron chi connectivity index (χ1n) is 8.65. The summed E-state index contributed by atoms with van der Waals surface area (Å²) in [4.78, 5) is 24.0. The van der Waals surface area contributed by atoms with E-state index in [0.29, 0.717) is 6.54 Å². The predicted molar refractivity (Wildman–Crippen MR) is 89.6 cm³/mol. The molecule has 0 aliphatic carbocycles. The Morgan fingerprint density at radius 1 is 1.12 bits per heavy atom. The number of hydrogen-bond donors (Lipinski definition) is 2. The van der Waals surface area contributed by atoms with Gasteiger partial charge in [-0.05, 0) is 24.8 Å². The van der Waals surface area contributed by atoms with Crippen molar-refractivity contribution in [3.8, 4) is 0 Å². The van der Waals surface area contributed by atoms with E-state index in [2.05, 4.69) is 5.32 Å². The van der Waals surface area contributed by atoms with Crippen molar-refractivity contribution in [3.63, 3.8) is 0 Å². The van der Waals surface area contributed by atoms with E-state index in [1.54, 1.807) is 0 Å². The van der Waals surface area contributed by atoms with E-state index in [9.17, 15) is 22.8 Å². The summed E-state index contributed by atoms with van der Waals surface area (Å²) in [7, 11) is 0. The summed E-state index contributed by atoms with van der Waals surface area (Å²) in [6.45, 7) is -0.668. The highest BCUT2D eigenvalue weighted by molar-refractivity contribution is 5.77. The summed E-state index contributed by atoms with van der Waals surface area (Å²) in [5, 5.41) is 11.5. The van der Waals surface area contributed by atoms with E-state index >= 15 is 0 Å². The van der Waals surface area contributed by atoms with Crippen molar-refractivity contribution in [1.82, 2.24) is 10.2 Å². The number of benzene rings is 1. The number of carbonyl (C=O) groups excluding carboxylic acids is 1. The summed E-state index contributed by atoms with van der Waals surface area (Å²) < 4.78 is 38.8. The van der Waals surface area contributed by atoms with Gasteiger partial charge in [-0.15, -0.1) is 0 Å². The number of carbonyl (C=O) groups is 2. The van der Waals surface area contributed by atoms with E-state index in [-0.39, 0.29) is 0 Å². The fourth-order valence-corrected chi connectivity index (χ4v) is 3.13. The molecule has 1 aromatic carbocycles. The average molecular weight is 372 g/mol. The molecule has 0 unspecified atom stereocenters. The smallest absolute Gasteiger partial charge is 0.394 e. The van der Waals surface area contributed by atoms with Gasteiger partial charge in [-0.25, -0.2) is 4.79 Å². The fourth-order valence-electron chi connectivity index (χ4n) is 3.13. The van der Waals surface area contributed by atoms with Crippen LogP contribution >= 0.6 is 0 Å². The second-order valence-electron chi connectivity index (χ2n) is 6.53. The number of carboxylic acids is 1. The molecule has 5 nitrogen and oxygen atoms in total. The molecule has 1 heterocycles. The zero-order valence-corrected chi connectivity index (χ0v) is 14.3. The number of rotatable bonds is 7. The third kappa shape index (κ3) is 5.64. The molecule has 1 aliphatic heterocycles. The summed E-state index contributed by atoms with van der Waals surface area (Å²) in [6, 6.07) is 9.37. The quantitative estimate of drug-likeness (QED) is 0.722. The minimum atomic E-state index is -4.63. The maximum absolute atomic E-state index is 12.9. The first-order valence-corrected chi connectivity index (χ1v) is 8.65. The van der Waals surface area contributed by atoms with E-state index in [4.69, 9.17) is 5.11 Å². The first kappa shape index (κ1) is 20.1.